The molecule has 0 aliphatic heterocycles. The van der Waals surface area contributed by atoms with Crippen molar-refractivity contribution in [1.29, 1.82) is 0 Å². The first-order valence-corrected chi connectivity index (χ1v) is 14.7. The summed E-state index contributed by atoms with van der Waals surface area (Å²) in [6.07, 6.45) is 0. The molecule has 0 fully saturated rings. The summed E-state index contributed by atoms with van der Waals surface area (Å²) < 4.78 is 0.997. The summed E-state index contributed by atoms with van der Waals surface area (Å²) in [5.74, 6) is -0.347. The fourth-order valence-corrected chi connectivity index (χ4v) is 6.00. The molecule has 1 heterocycles. The molecule has 0 saturated carbocycles. The van der Waals surface area contributed by atoms with Crippen LogP contribution in [-0.4, -0.2) is 16.8 Å². The van der Waals surface area contributed by atoms with Crippen molar-refractivity contribution < 1.29 is 9.59 Å². The number of hydrogen-bond acceptors (Lipinski definition) is 5. The topological polar surface area (TPSA) is 71.1 Å². The van der Waals surface area contributed by atoms with E-state index in [2.05, 4.69) is 31.5 Å². The number of hydrogen-bond donors (Lipinski definition) is 2. The van der Waals surface area contributed by atoms with E-state index in [0.717, 1.165) is 31.8 Å². The molecule has 8 heteroatoms. The summed E-state index contributed by atoms with van der Waals surface area (Å²) in [5.41, 5.74) is 4.95. The van der Waals surface area contributed by atoms with Crippen LogP contribution in [0.25, 0.3) is 11.3 Å². The Morgan fingerprint density at radius 3 is 2.41 bits per heavy atom. The lowest BCUT2D eigenvalue weighted by atomic mass is 10.1. The van der Waals surface area contributed by atoms with E-state index in [4.69, 9.17) is 0 Å². The maximum Gasteiger partial charge on any atom is 0.255 e. The Hall–Kier alpha value is -3.72. The second kappa shape index (κ2) is 12.4. The third-order valence-corrected chi connectivity index (χ3v) is 8.38. The Morgan fingerprint density at radius 2 is 1.64 bits per heavy atom. The molecule has 4 aromatic carbocycles. The fourth-order valence-electron chi connectivity index (χ4n) is 3.93. The van der Waals surface area contributed by atoms with Gasteiger partial charge in [-0.1, -0.05) is 82.2 Å². The minimum absolute atomic E-state index is 0.169. The van der Waals surface area contributed by atoms with Gasteiger partial charge in [0.2, 0.25) is 5.91 Å². The van der Waals surface area contributed by atoms with E-state index in [1.807, 2.05) is 109 Å². The van der Waals surface area contributed by atoms with Crippen molar-refractivity contribution in [3.05, 3.63) is 130 Å². The van der Waals surface area contributed by atoms with E-state index in [-0.39, 0.29) is 11.8 Å². The van der Waals surface area contributed by atoms with Gasteiger partial charge in [0.1, 0.15) is 5.25 Å². The third-order valence-electron chi connectivity index (χ3n) is 5.84. The molecule has 0 aliphatic rings. The van der Waals surface area contributed by atoms with E-state index in [1.165, 1.54) is 23.1 Å². The van der Waals surface area contributed by atoms with E-state index < -0.39 is 5.25 Å². The molecule has 0 spiro atoms. The quantitative estimate of drug-likeness (QED) is 0.172. The van der Waals surface area contributed by atoms with Gasteiger partial charge in [0.25, 0.3) is 5.91 Å². The number of thioether (sulfide) groups is 1. The van der Waals surface area contributed by atoms with Crippen LogP contribution in [0.2, 0.25) is 0 Å². The molecule has 2 N–H and O–H groups in total. The lowest BCUT2D eigenvalue weighted by molar-refractivity contribution is -0.115. The Bertz CT molecular complexity index is 1600. The number of carbonyl (C=O) groups excluding carboxylic acids is 2. The standard InChI is InChI=1S/C31H24BrN3O2S2/c1-20-7-5-10-23(17-20)29(36)33-25-11-6-12-26(18-25)39-28(22-8-3-2-4-9-22)30(37)35-31-34-27(19-38-31)21-13-15-24(32)16-14-21/h2-19,28H,1H3,(H,33,36)(H,34,35,37). The zero-order valence-corrected chi connectivity index (χ0v) is 24.1. The molecule has 194 valence electrons. The molecule has 0 bridgehead atoms. The van der Waals surface area contributed by atoms with E-state index in [0.29, 0.717) is 16.4 Å². The van der Waals surface area contributed by atoms with Gasteiger partial charge in [-0.3, -0.25) is 9.59 Å². The summed E-state index contributed by atoms with van der Waals surface area (Å²) >= 11 is 6.27. The molecule has 0 saturated heterocycles. The van der Waals surface area contributed by atoms with Crippen LogP contribution in [0, 0.1) is 6.92 Å². The highest BCUT2D eigenvalue weighted by atomic mass is 79.9. The maximum atomic E-state index is 13.5. The second-order valence-electron chi connectivity index (χ2n) is 8.79. The number of carbonyl (C=O) groups is 2. The van der Waals surface area contributed by atoms with Gasteiger partial charge >= 0.3 is 0 Å². The zero-order chi connectivity index (χ0) is 27.2. The van der Waals surface area contributed by atoms with Crippen molar-refractivity contribution in [2.24, 2.45) is 0 Å². The van der Waals surface area contributed by atoms with Crippen LogP contribution in [0.1, 0.15) is 26.7 Å². The van der Waals surface area contributed by atoms with Gasteiger partial charge in [-0.2, -0.15) is 0 Å². The van der Waals surface area contributed by atoms with Crippen LogP contribution in [0.15, 0.2) is 118 Å². The zero-order valence-electron chi connectivity index (χ0n) is 20.9. The van der Waals surface area contributed by atoms with Gasteiger partial charge in [0.15, 0.2) is 5.13 Å². The van der Waals surface area contributed by atoms with E-state index in [9.17, 15) is 9.59 Å². The highest BCUT2D eigenvalue weighted by Gasteiger charge is 2.23. The number of aromatic nitrogens is 1. The molecule has 5 aromatic rings. The number of thiazole rings is 1. The summed E-state index contributed by atoms with van der Waals surface area (Å²) in [4.78, 5) is 31.8. The number of benzene rings is 4. The number of aryl methyl sites for hydroxylation is 1. The molecule has 5 rings (SSSR count). The second-order valence-corrected chi connectivity index (χ2v) is 11.7. The van der Waals surface area contributed by atoms with Gasteiger partial charge in [-0.15, -0.1) is 23.1 Å². The van der Waals surface area contributed by atoms with Crippen molar-refractivity contribution in [1.82, 2.24) is 4.98 Å². The van der Waals surface area contributed by atoms with Gasteiger partial charge < -0.3 is 10.6 Å². The largest absolute Gasteiger partial charge is 0.322 e. The number of amides is 2. The molecule has 1 unspecified atom stereocenters. The predicted octanol–water partition coefficient (Wildman–Crippen LogP) is 8.61. The van der Waals surface area contributed by atoms with E-state index >= 15 is 0 Å². The molecule has 39 heavy (non-hydrogen) atoms. The van der Waals surface area contributed by atoms with Crippen LogP contribution < -0.4 is 10.6 Å². The summed E-state index contributed by atoms with van der Waals surface area (Å²) in [7, 11) is 0. The van der Waals surface area contributed by atoms with Crippen LogP contribution in [-0.2, 0) is 4.79 Å². The van der Waals surface area contributed by atoms with E-state index in [1.54, 1.807) is 6.07 Å². The van der Waals surface area contributed by atoms with Gasteiger partial charge in [-0.25, -0.2) is 4.98 Å². The Morgan fingerprint density at radius 1 is 0.872 bits per heavy atom. The lowest BCUT2D eigenvalue weighted by Crippen LogP contribution is -2.19. The minimum atomic E-state index is -0.519. The summed E-state index contributed by atoms with van der Waals surface area (Å²) in [6, 6.07) is 32.5. The van der Waals surface area contributed by atoms with Crippen molar-refractivity contribution in [3.63, 3.8) is 0 Å². The van der Waals surface area contributed by atoms with Crippen molar-refractivity contribution >= 4 is 61.7 Å². The highest BCUT2D eigenvalue weighted by Crippen LogP contribution is 2.38. The molecule has 0 aliphatic carbocycles. The number of rotatable bonds is 8. The average Bonchev–Trinajstić information content (AvgIpc) is 3.41. The first kappa shape index (κ1) is 26.9. The number of nitrogens with zero attached hydrogens (tertiary/aromatic N) is 1. The number of nitrogens with one attached hydrogen (secondary N) is 2. The summed E-state index contributed by atoms with van der Waals surface area (Å²) in [5, 5.41) is 7.93. The summed E-state index contributed by atoms with van der Waals surface area (Å²) in [6.45, 7) is 1.95. The smallest absolute Gasteiger partial charge is 0.255 e. The molecule has 5 nitrogen and oxygen atoms in total. The molecule has 1 atom stereocenters. The first-order chi connectivity index (χ1) is 18.9. The molecule has 0 radical (unpaired) electrons. The normalized spacial score (nSPS) is 11.5. The van der Waals surface area contributed by atoms with Crippen LogP contribution in [0.4, 0.5) is 10.8 Å². The van der Waals surface area contributed by atoms with Gasteiger partial charge in [-0.05, 0) is 55.0 Å². The Kier molecular flexibility index (Phi) is 8.56. The van der Waals surface area contributed by atoms with Crippen molar-refractivity contribution in [2.75, 3.05) is 10.6 Å². The number of anilines is 2. The Balaban J connectivity index is 1.33. The SMILES string of the molecule is Cc1cccc(C(=O)Nc2cccc(SC(C(=O)Nc3nc(-c4ccc(Br)cc4)cs3)c3ccccc3)c2)c1. The maximum absolute atomic E-state index is 13.5. The third kappa shape index (κ3) is 7.03. The van der Waals surface area contributed by atoms with Gasteiger partial charge in [0.05, 0.1) is 5.69 Å². The lowest BCUT2D eigenvalue weighted by Gasteiger charge is -2.17. The van der Waals surface area contributed by atoms with Crippen LogP contribution >= 0.6 is 39.0 Å². The monoisotopic (exact) mass is 613 g/mol. The molecule has 1 aromatic heterocycles. The first-order valence-electron chi connectivity index (χ1n) is 12.2. The van der Waals surface area contributed by atoms with Crippen LogP contribution in [0.3, 0.4) is 0 Å². The minimum Gasteiger partial charge on any atom is -0.322 e. The fraction of sp³-hybridized carbons (Fsp3) is 0.0645. The van der Waals surface area contributed by atoms with Gasteiger partial charge in [0, 0.05) is 31.6 Å². The van der Waals surface area contributed by atoms with Crippen LogP contribution in [0.5, 0.6) is 0 Å². The molecular formula is C31H24BrN3O2S2. The van der Waals surface area contributed by atoms with Crippen molar-refractivity contribution in [3.8, 4) is 11.3 Å². The average molecular weight is 615 g/mol. The van der Waals surface area contributed by atoms with Crippen molar-refractivity contribution in [2.45, 2.75) is 17.1 Å². The predicted molar refractivity (Wildman–Crippen MR) is 164 cm³/mol. The number of halogens is 1. The molecular weight excluding hydrogens is 590 g/mol. The highest BCUT2D eigenvalue weighted by molar-refractivity contribution is 9.10. The Labute approximate surface area is 243 Å². The molecule has 2 amide bonds.